The molecule has 4 nitrogen and oxygen atoms in total. The molecule has 0 unspecified atom stereocenters. The quantitative estimate of drug-likeness (QED) is 0.635. The molecule has 1 aliphatic rings. The van der Waals surface area contributed by atoms with Crippen LogP contribution in [0.5, 0.6) is 0 Å². The molecule has 0 atom stereocenters. The molecular weight excluding hydrogens is 224 g/mol. The molecule has 98 valence electrons. The SMILES string of the molecule is CC(C)C1CCN(c2ccc(C(=N)N)cn2)CC1. The van der Waals surface area contributed by atoms with Crippen LogP contribution in [0.4, 0.5) is 5.82 Å². The highest BCUT2D eigenvalue weighted by molar-refractivity contribution is 5.94. The summed E-state index contributed by atoms with van der Waals surface area (Å²) in [6.45, 7) is 6.77. The number of aromatic nitrogens is 1. The van der Waals surface area contributed by atoms with Crippen LogP contribution in [0.2, 0.25) is 0 Å². The lowest BCUT2D eigenvalue weighted by Crippen LogP contribution is -2.35. The summed E-state index contributed by atoms with van der Waals surface area (Å²) < 4.78 is 0. The van der Waals surface area contributed by atoms with Gasteiger partial charge >= 0.3 is 0 Å². The van der Waals surface area contributed by atoms with Gasteiger partial charge in [-0.1, -0.05) is 13.8 Å². The predicted molar refractivity (Wildman–Crippen MR) is 75.0 cm³/mol. The molecule has 1 aromatic rings. The van der Waals surface area contributed by atoms with Crippen molar-refractivity contribution >= 4 is 11.7 Å². The van der Waals surface area contributed by atoms with Crippen LogP contribution in [0.25, 0.3) is 0 Å². The summed E-state index contributed by atoms with van der Waals surface area (Å²) in [6.07, 6.45) is 4.17. The lowest BCUT2D eigenvalue weighted by molar-refractivity contribution is 0.310. The Kier molecular flexibility index (Phi) is 3.84. The van der Waals surface area contributed by atoms with Gasteiger partial charge in [0.1, 0.15) is 11.7 Å². The number of nitrogens with one attached hydrogen (secondary N) is 1. The molecule has 1 aliphatic heterocycles. The number of nitrogen functional groups attached to an aromatic ring is 1. The second-order valence-corrected chi connectivity index (χ2v) is 5.39. The predicted octanol–water partition coefficient (Wildman–Crippen LogP) is 2.24. The van der Waals surface area contributed by atoms with E-state index in [1.54, 1.807) is 6.20 Å². The Morgan fingerprint density at radius 2 is 2.06 bits per heavy atom. The summed E-state index contributed by atoms with van der Waals surface area (Å²) in [5.74, 6) is 2.70. The lowest BCUT2D eigenvalue weighted by atomic mass is 9.87. The van der Waals surface area contributed by atoms with Crippen molar-refractivity contribution in [3.63, 3.8) is 0 Å². The minimum atomic E-state index is 0.0764. The van der Waals surface area contributed by atoms with E-state index in [1.807, 2.05) is 12.1 Å². The highest BCUT2D eigenvalue weighted by Gasteiger charge is 2.22. The Morgan fingerprint density at radius 1 is 1.39 bits per heavy atom. The van der Waals surface area contributed by atoms with Gasteiger partial charge in [0.15, 0.2) is 0 Å². The molecule has 0 aliphatic carbocycles. The zero-order valence-corrected chi connectivity index (χ0v) is 11.2. The van der Waals surface area contributed by atoms with Crippen molar-refractivity contribution in [2.45, 2.75) is 26.7 Å². The maximum absolute atomic E-state index is 7.35. The summed E-state index contributed by atoms with van der Waals surface area (Å²) in [5.41, 5.74) is 6.11. The number of amidine groups is 1. The fourth-order valence-electron chi connectivity index (χ4n) is 2.53. The molecule has 0 amide bonds. The van der Waals surface area contributed by atoms with E-state index >= 15 is 0 Å². The van der Waals surface area contributed by atoms with Crippen molar-refractivity contribution in [2.75, 3.05) is 18.0 Å². The first kappa shape index (κ1) is 12.9. The molecule has 18 heavy (non-hydrogen) atoms. The van der Waals surface area contributed by atoms with E-state index in [4.69, 9.17) is 11.1 Å². The maximum Gasteiger partial charge on any atom is 0.128 e. The van der Waals surface area contributed by atoms with Gasteiger partial charge in [-0.25, -0.2) is 4.98 Å². The van der Waals surface area contributed by atoms with Crippen LogP contribution in [0.15, 0.2) is 18.3 Å². The minimum absolute atomic E-state index is 0.0764. The van der Waals surface area contributed by atoms with Crippen LogP contribution in [0, 0.1) is 17.2 Å². The number of rotatable bonds is 3. The van der Waals surface area contributed by atoms with Crippen LogP contribution in [-0.2, 0) is 0 Å². The largest absolute Gasteiger partial charge is 0.384 e. The Labute approximate surface area is 109 Å². The molecule has 3 N–H and O–H groups in total. The zero-order chi connectivity index (χ0) is 13.1. The smallest absolute Gasteiger partial charge is 0.128 e. The fraction of sp³-hybridized carbons (Fsp3) is 0.571. The molecule has 0 spiro atoms. The minimum Gasteiger partial charge on any atom is -0.384 e. The number of nitrogens with zero attached hydrogens (tertiary/aromatic N) is 2. The summed E-state index contributed by atoms with van der Waals surface area (Å²) in [4.78, 5) is 6.72. The molecule has 0 radical (unpaired) electrons. The van der Waals surface area contributed by atoms with Crippen LogP contribution in [0.1, 0.15) is 32.3 Å². The van der Waals surface area contributed by atoms with Crippen LogP contribution in [0.3, 0.4) is 0 Å². The van der Waals surface area contributed by atoms with E-state index in [9.17, 15) is 0 Å². The third-order valence-corrected chi connectivity index (χ3v) is 3.87. The van der Waals surface area contributed by atoms with Gasteiger partial charge < -0.3 is 10.6 Å². The third kappa shape index (κ3) is 2.81. The topological polar surface area (TPSA) is 66.0 Å². The summed E-state index contributed by atoms with van der Waals surface area (Å²) >= 11 is 0. The average Bonchev–Trinajstić information content (AvgIpc) is 2.39. The van der Waals surface area contributed by atoms with Gasteiger partial charge in [-0.3, -0.25) is 5.41 Å². The molecule has 2 rings (SSSR count). The van der Waals surface area contributed by atoms with Gasteiger partial charge in [-0.15, -0.1) is 0 Å². The van der Waals surface area contributed by atoms with Gasteiger partial charge in [0.05, 0.1) is 0 Å². The first-order chi connectivity index (χ1) is 8.58. The summed E-state index contributed by atoms with van der Waals surface area (Å²) in [6, 6.07) is 3.84. The Bertz CT molecular complexity index is 402. The summed E-state index contributed by atoms with van der Waals surface area (Å²) in [5, 5.41) is 7.35. The van der Waals surface area contributed by atoms with E-state index in [-0.39, 0.29) is 5.84 Å². The molecular formula is C14H22N4. The van der Waals surface area contributed by atoms with Gasteiger partial charge in [-0.2, -0.15) is 0 Å². The van der Waals surface area contributed by atoms with Crippen LogP contribution in [-0.4, -0.2) is 23.9 Å². The molecule has 1 aromatic heterocycles. The van der Waals surface area contributed by atoms with Gasteiger partial charge in [0.2, 0.25) is 0 Å². The molecule has 0 saturated carbocycles. The first-order valence-electron chi connectivity index (χ1n) is 6.63. The van der Waals surface area contributed by atoms with Crippen molar-refractivity contribution in [3.05, 3.63) is 23.9 Å². The highest BCUT2D eigenvalue weighted by atomic mass is 15.2. The normalized spacial score (nSPS) is 17.2. The zero-order valence-electron chi connectivity index (χ0n) is 11.2. The molecule has 2 heterocycles. The maximum atomic E-state index is 7.35. The van der Waals surface area contributed by atoms with E-state index in [1.165, 1.54) is 12.8 Å². The van der Waals surface area contributed by atoms with Crippen molar-refractivity contribution in [2.24, 2.45) is 17.6 Å². The third-order valence-electron chi connectivity index (χ3n) is 3.87. The van der Waals surface area contributed by atoms with Gasteiger partial charge in [0, 0.05) is 24.8 Å². The average molecular weight is 246 g/mol. The van der Waals surface area contributed by atoms with E-state index in [0.717, 1.165) is 30.7 Å². The number of piperidine rings is 1. The van der Waals surface area contributed by atoms with Crippen molar-refractivity contribution in [3.8, 4) is 0 Å². The van der Waals surface area contributed by atoms with Crippen molar-refractivity contribution in [1.29, 1.82) is 5.41 Å². The van der Waals surface area contributed by atoms with E-state index in [2.05, 4.69) is 23.7 Å². The molecule has 0 bridgehead atoms. The number of hydrogen-bond acceptors (Lipinski definition) is 3. The molecule has 0 aromatic carbocycles. The first-order valence-corrected chi connectivity index (χ1v) is 6.63. The Balaban J connectivity index is 1.99. The van der Waals surface area contributed by atoms with E-state index < -0.39 is 0 Å². The van der Waals surface area contributed by atoms with Crippen LogP contribution >= 0.6 is 0 Å². The van der Waals surface area contributed by atoms with Gasteiger partial charge in [-0.05, 0) is 36.8 Å². The number of nitrogens with two attached hydrogens (primary N) is 1. The second kappa shape index (κ2) is 5.38. The lowest BCUT2D eigenvalue weighted by Gasteiger charge is -2.34. The Morgan fingerprint density at radius 3 is 2.50 bits per heavy atom. The van der Waals surface area contributed by atoms with E-state index in [0.29, 0.717) is 5.56 Å². The second-order valence-electron chi connectivity index (χ2n) is 5.39. The number of pyridine rings is 1. The Hall–Kier alpha value is -1.58. The number of anilines is 1. The number of hydrogen-bond donors (Lipinski definition) is 2. The highest BCUT2D eigenvalue weighted by Crippen LogP contribution is 2.26. The summed E-state index contributed by atoms with van der Waals surface area (Å²) in [7, 11) is 0. The molecule has 4 heteroatoms. The molecule has 1 saturated heterocycles. The van der Waals surface area contributed by atoms with Crippen LogP contribution < -0.4 is 10.6 Å². The van der Waals surface area contributed by atoms with Crippen molar-refractivity contribution < 1.29 is 0 Å². The fourth-order valence-corrected chi connectivity index (χ4v) is 2.53. The van der Waals surface area contributed by atoms with Gasteiger partial charge in [0.25, 0.3) is 0 Å². The molecule has 1 fully saturated rings. The monoisotopic (exact) mass is 246 g/mol. The van der Waals surface area contributed by atoms with Crippen molar-refractivity contribution in [1.82, 2.24) is 4.98 Å². The standard InChI is InChI=1S/C14H22N4/c1-10(2)11-5-7-18(8-6-11)13-4-3-12(9-17-13)14(15)16/h3-4,9-11H,5-8H2,1-2H3,(H3,15,16).